The van der Waals surface area contributed by atoms with Crippen molar-refractivity contribution in [2.24, 2.45) is 0 Å². The maximum atomic E-state index is 13.2. The molecule has 2 unspecified atom stereocenters. The molecule has 0 saturated carbocycles. The van der Waals surface area contributed by atoms with Gasteiger partial charge in [-0.05, 0) is 49.6 Å². The lowest BCUT2D eigenvalue weighted by atomic mass is 9.99. The van der Waals surface area contributed by atoms with E-state index in [1.165, 1.54) is 22.8 Å². The Balaban J connectivity index is 2.05. The Labute approximate surface area is 130 Å². The van der Waals surface area contributed by atoms with Crippen LogP contribution in [-0.2, 0) is 6.42 Å². The molecule has 1 heterocycles. The second kappa shape index (κ2) is 8.30. The molecular weight excluding hydrogens is 289 g/mol. The Morgan fingerprint density at radius 2 is 2.25 bits per heavy atom. The fraction of sp³-hybridized carbons (Fsp3) is 0.625. The maximum absolute atomic E-state index is 13.2. The monoisotopic (exact) mass is 313 g/mol. The van der Waals surface area contributed by atoms with Gasteiger partial charge in [0.05, 0.1) is 0 Å². The van der Waals surface area contributed by atoms with E-state index in [1.54, 1.807) is 12.1 Å². The third-order valence-corrected chi connectivity index (χ3v) is 6.61. The zero-order valence-electron chi connectivity index (χ0n) is 12.3. The molecule has 1 aliphatic rings. The predicted molar refractivity (Wildman–Crippen MR) is 90.5 cm³/mol. The largest absolute Gasteiger partial charge is 0.313 e. The second-order valence-electron chi connectivity index (χ2n) is 5.32. The summed E-state index contributed by atoms with van der Waals surface area (Å²) in [7, 11) is 0. The molecule has 0 aliphatic carbocycles. The highest BCUT2D eigenvalue weighted by Gasteiger charge is 2.24. The Kier molecular flexibility index (Phi) is 6.72. The molecule has 1 aliphatic heterocycles. The van der Waals surface area contributed by atoms with Crippen LogP contribution in [0.5, 0.6) is 0 Å². The van der Waals surface area contributed by atoms with Gasteiger partial charge in [-0.2, -0.15) is 23.5 Å². The van der Waals surface area contributed by atoms with Gasteiger partial charge in [0.1, 0.15) is 5.82 Å². The van der Waals surface area contributed by atoms with Crippen LogP contribution in [-0.4, -0.2) is 35.1 Å². The van der Waals surface area contributed by atoms with Gasteiger partial charge in [0, 0.05) is 28.6 Å². The average molecular weight is 314 g/mol. The lowest BCUT2D eigenvalue weighted by Crippen LogP contribution is -2.43. The van der Waals surface area contributed by atoms with E-state index in [0.29, 0.717) is 11.3 Å². The first-order valence-corrected chi connectivity index (χ1v) is 9.58. The van der Waals surface area contributed by atoms with Gasteiger partial charge in [-0.15, -0.1) is 0 Å². The Morgan fingerprint density at radius 1 is 1.40 bits per heavy atom. The SMILES string of the molecule is CCCNC(Cc1ccc(F)cc1C)C1CSCCS1. The van der Waals surface area contributed by atoms with Crippen molar-refractivity contribution in [1.82, 2.24) is 5.32 Å². The third kappa shape index (κ3) is 4.68. The highest BCUT2D eigenvalue weighted by molar-refractivity contribution is 8.06. The third-order valence-electron chi connectivity index (χ3n) is 3.69. The fourth-order valence-electron chi connectivity index (χ4n) is 2.53. The highest BCUT2D eigenvalue weighted by atomic mass is 32.2. The predicted octanol–water partition coefficient (Wildman–Crippen LogP) is 3.89. The highest BCUT2D eigenvalue weighted by Crippen LogP contribution is 2.28. The molecule has 4 heteroatoms. The first-order chi connectivity index (χ1) is 9.70. The van der Waals surface area contributed by atoms with E-state index in [4.69, 9.17) is 0 Å². The van der Waals surface area contributed by atoms with Gasteiger partial charge >= 0.3 is 0 Å². The van der Waals surface area contributed by atoms with Gasteiger partial charge in [0.25, 0.3) is 0 Å². The minimum absolute atomic E-state index is 0.132. The van der Waals surface area contributed by atoms with Crippen LogP contribution < -0.4 is 5.32 Å². The quantitative estimate of drug-likeness (QED) is 0.855. The Hall–Kier alpha value is -0.190. The fourth-order valence-corrected chi connectivity index (χ4v) is 5.42. The van der Waals surface area contributed by atoms with Crippen molar-refractivity contribution >= 4 is 23.5 Å². The molecule has 0 radical (unpaired) electrons. The molecule has 1 saturated heterocycles. The standard InChI is InChI=1S/C16H24FNS2/c1-3-6-18-15(16-11-19-7-8-20-16)10-13-4-5-14(17)9-12(13)2/h4-5,9,15-16,18H,3,6-8,10-11H2,1-2H3. The van der Waals surface area contributed by atoms with E-state index in [2.05, 4.69) is 35.8 Å². The normalized spacial score (nSPS) is 20.9. The van der Waals surface area contributed by atoms with Gasteiger partial charge < -0.3 is 5.32 Å². The van der Waals surface area contributed by atoms with Gasteiger partial charge in [0.15, 0.2) is 0 Å². The summed E-state index contributed by atoms with van der Waals surface area (Å²) in [5.41, 5.74) is 2.35. The molecule has 2 atom stereocenters. The van der Waals surface area contributed by atoms with Crippen LogP contribution in [0.15, 0.2) is 18.2 Å². The lowest BCUT2D eigenvalue weighted by molar-refractivity contribution is 0.504. The zero-order chi connectivity index (χ0) is 14.4. The number of halogens is 1. The zero-order valence-corrected chi connectivity index (χ0v) is 14.0. The first-order valence-electron chi connectivity index (χ1n) is 7.38. The van der Waals surface area contributed by atoms with Gasteiger partial charge in [-0.1, -0.05) is 13.0 Å². The van der Waals surface area contributed by atoms with Gasteiger partial charge in [0.2, 0.25) is 0 Å². The van der Waals surface area contributed by atoms with Crippen molar-refractivity contribution < 1.29 is 4.39 Å². The summed E-state index contributed by atoms with van der Waals surface area (Å²) in [4.78, 5) is 0. The molecule has 1 nitrogen and oxygen atoms in total. The Bertz CT molecular complexity index is 419. The number of rotatable bonds is 6. The smallest absolute Gasteiger partial charge is 0.123 e. The van der Waals surface area contributed by atoms with E-state index in [0.717, 1.165) is 24.9 Å². The van der Waals surface area contributed by atoms with E-state index in [1.807, 2.05) is 13.0 Å². The summed E-state index contributed by atoms with van der Waals surface area (Å²) in [6.07, 6.45) is 2.16. The first kappa shape index (κ1) is 16.2. The van der Waals surface area contributed by atoms with Crippen LogP contribution >= 0.6 is 23.5 Å². The maximum Gasteiger partial charge on any atom is 0.123 e. The number of aryl methyl sites for hydroxylation is 1. The molecule has 112 valence electrons. The lowest BCUT2D eigenvalue weighted by Gasteiger charge is -2.31. The van der Waals surface area contributed by atoms with Gasteiger partial charge in [-0.3, -0.25) is 0 Å². The average Bonchev–Trinajstić information content (AvgIpc) is 2.46. The number of hydrogen-bond donors (Lipinski definition) is 1. The second-order valence-corrected chi connectivity index (χ2v) is 7.82. The van der Waals surface area contributed by atoms with Crippen LogP contribution in [0.1, 0.15) is 24.5 Å². The van der Waals surface area contributed by atoms with E-state index in [9.17, 15) is 4.39 Å². The summed E-state index contributed by atoms with van der Waals surface area (Å²) in [6, 6.07) is 5.68. The van der Waals surface area contributed by atoms with Crippen molar-refractivity contribution in [2.45, 2.75) is 38.0 Å². The van der Waals surface area contributed by atoms with Crippen molar-refractivity contribution in [3.63, 3.8) is 0 Å². The minimum atomic E-state index is -0.132. The molecule has 20 heavy (non-hydrogen) atoms. The minimum Gasteiger partial charge on any atom is -0.313 e. The van der Waals surface area contributed by atoms with Gasteiger partial charge in [-0.25, -0.2) is 4.39 Å². The summed E-state index contributed by atoms with van der Waals surface area (Å²) < 4.78 is 13.2. The van der Waals surface area contributed by atoms with E-state index >= 15 is 0 Å². The van der Waals surface area contributed by atoms with Crippen LogP contribution in [0.4, 0.5) is 4.39 Å². The summed E-state index contributed by atoms with van der Waals surface area (Å²) in [5, 5.41) is 4.37. The summed E-state index contributed by atoms with van der Waals surface area (Å²) in [5.74, 6) is 3.62. The van der Waals surface area contributed by atoms with Crippen molar-refractivity contribution in [1.29, 1.82) is 0 Å². The molecule has 0 amide bonds. The molecule has 1 aromatic rings. The summed E-state index contributed by atoms with van der Waals surface area (Å²) >= 11 is 4.15. The molecule has 0 aromatic heterocycles. The van der Waals surface area contributed by atoms with Crippen LogP contribution in [0, 0.1) is 12.7 Å². The molecule has 1 fully saturated rings. The topological polar surface area (TPSA) is 12.0 Å². The van der Waals surface area contributed by atoms with Crippen LogP contribution in [0.3, 0.4) is 0 Å². The van der Waals surface area contributed by atoms with Crippen LogP contribution in [0.25, 0.3) is 0 Å². The number of thioether (sulfide) groups is 2. The van der Waals surface area contributed by atoms with Crippen molar-refractivity contribution in [3.8, 4) is 0 Å². The number of nitrogens with one attached hydrogen (secondary N) is 1. The number of benzene rings is 1. The van der Waals surface area contributed by atoms with Crippen molar-refractivity contribution in [2.75, 3.05) is 23.8 Å². The summed E-state index contributed by atoms with van der Waals surface area (Å²) in [6.45, 7) is 5.28. The molecule has 2 rings (SSSR count). The van der Waals surface area contributed by atoms with Crippen molar-refractivity contribution in [3.05, 3.63) is 35.1 Å². The van der Waals surface area contributed by atoms with E-state index in [-0.39, 0.29) is 5.82 Å². The van der Waals surface area contributed by atoms with E-state index < -0.39 is 0 Å². The Morgan fingerprint density at radius 3 is 2.90 bits per heavy atom. The molecule has 1 aromatic carbocycles. The van der Waals surface area contributed by atoms with Crippen LogP contribution in [0.2, 0.25) is 0 Å². The molecular formula is C16H24FNS2. The number of hydrogen-bond acceptors (Lipinski definition) is 3. The molecule has 1 N–H and O–H groups in total. The molecule has 0 spiro atoms. The molecule has 0 bridgehead atoms.